The van der Waals surface area contributed by atoms with E-state index in [2.05, 4.69) is 10.6 Å². The number of nitrogens with zero attached hydrogens (tertiary/aromatic N) is 2. The lowest BCUT2D eigenvalue weighted by molar-refractivity contribution is -0.130. The van der Waals surface area contributed by atoms with Gasteiger partial charge in [0.25, 0.3) is 17.4 Å². The van der Waals surface area contributed by atoms with E-state index in [0.717, 1.165) is 12.8 Å². The average molecular weight is 525 g/mol. The predicted molar refractivity (Wildman–Crippen MR) is 138 cm³/mol. The third kappa shape index (κ3) is 5.52. The zero-order valence-electron chi connectivity index (χ0n) is 19.4. The molecule has 1 aliphatic heterocycles. The molecule has 1 saturated carbocycles. The van der Waals surface area contributed by atoms with Gasteiger partial charge in [0.15, 0.2) is 0 Å². The third-order valence-corrected chi connectivity index (χ3v) is 7.72. The molecule has 36 heavy (non-hydrogen) atoms. The smallest absolute Gasteiger partial charge is 0.261 e. The quantitative estimate of drug-likeness (QED) is 0.496. The lowest BCUT2D eigenvalue weighted by Gasteiger charge is -2.20. The van der Waals surface area contributed by atoms with Crippen molar-refractivity contribution in [1.29, 1.82) is 0 Å². The highest BCUT2D eigenvalue weighted by Crippen LogP contribution is 2.33. The highest BCUT2D eigenvalue weighted by Gasteiger charge is 2.38. The highest BCUT2D eigenvalue weighted by molar-refractivity contribution is 7.18. The van der Waals surface area contributed by atoms with E-state index < -0.39 is 12.1 Å². The Morgan fingerprint density at radius 1 is 0.917 bits per heavy atom. The van der Waals surface area contributed by atoms with Gasteiger partial charge in [-0.2, -0.15) is 0 Å². The molecule has 10 heteroatoms. The molecule has 1 aromatic carbocycles. The molecule has 2 aliphatic rings. The normalized spacial score (nSPS) is 19.2. The minimum Gasteiger partial charge on any atom is -0.345 e. The monoisotopic (exact) mass is 524 g/mol. The summed E-state index contributed by atoms with van der Waals surface area (Å²) in [7, 11) is 0. The summed E-state index contributed by atoms with van der Waals surface area (Å²) in [5.74, 6) is -0.111. The van der Waals surface area contributed by atoms with Gasteiger partial charge in [0.2, 0.25) is 5.91 Å². The van der Waals surface area contributed by atoms with Crippen molar-refractivity contribution in [1.82, 2.24) is 20.1 Å². The fourth-order valence-electron chi connectivity index (χ4n) is 4.34. The van der Waals surface area contributed by atoms with Crippen molar-refractivity contribution in [2.75, 3.05) is 13.1 Å². The Morgan fingerprint density at radius 2 is 1.61 bits per heavy atom. The van der Waals surface area contributed by atoms with Crippen LogP contribution in [0.4, 0.5) is 0 Å². The van der Waals surface area contributed by atoms with Crippen LogP contribution >= 0.6 is 22.9 Å². The van der Waals surface area contributed by atoms with Crippen LogP contribution in [0.2, 0.25) is 4.34 Å². The summed E-state index contributed by atoms with van der Waals surface area (Å²) >= 11 is 7.15. The number of rotatable bonds is 7. The number of likely N-dealkylation sites (tertiary alicyclic amines) is 1. The fourth-order valence-corrected chi connectivity index (χ4v) is 5.29. The maximum atomic E-state index is 13.1. The number of benzene rings is 1. The van der Waals surface area contributed by atoms with E-state index in [1.165, 1.54) is 22.0 Å². The van der Waals surface area contributed by atoms with Gasteiger partial charge in [-0.05, 0) is 61.2 Å². The van der Waals surface area contributed by atoms with Crippen molar-refractivity contribution >= 4 is 40.7 Å². The number of hydrogen-bond acceptors (Lipinski definition) is 5. The number of amides is 3. The van der Waals surface area contributed by atoms with Crippen LogP contribution in [0.3, 0.4) is 0 Å². The molecule has 3 amide bonds. The molecular weight excluding hydrogens is 500 g/mol. The maximum Gasteiger partial charge on any atom is 0.261 e. The molecule has 1 aliphatic carbocycles. The molecule has 2 atom stereocenters. The van der Waals surface area contributed by atoms with Crippen molar-refractivity contribution < 1.29 is 14.4 Å². The largest absolute Gasteiger partial charge is 0.345 e. The van der Waals surface area contributed by atoms with Gasteiger partial charge in [-0.15, -0.1) is 11.3 Å². The molecule has 0 spiro atoms. The summed E-state index contributed by atoms with van der Waals surface area (Å²) in [6.45, 7) is 0.655. The summed E-state index contributed by atoms with van der Waals surface area (Å²) in [6.07, 6.45) is 4.31. The Hall–Kier alpha value is -3.43. The van der Waals surface area contributed by atoms with E-state index in [-0.39, 0.29) is 23.3 Å². The summed E-state index contributed by atoms with van der Waals surface area (Å²) in [6, 6.07) is 14.0. The van der Waals surface area contributed by atoms with Gasteiger partial charge in [0.05, 0.1) is 21.3 Å². The zero-order valence-corrected chi connectivity index (χ0v) is 20.9. The second-order valence-corrected chi connectivity index (χ2v) is 10.9. The standard InChI is InChI=1S/C26H25ClN4O4S/c27-22-11-10-21(36-22)26(35)29-20-15-30(24(33)13-16-4-5-16)14-19(20)28-25(34)17-6-8-18(9-7-17)31-12-2-1-3-23(31)32/h1-3,6-12,16,19-20H,4-5,13-15H2,(H,28,34)(H,29,35)/t19-,20-/m1/s1. The molecule has 0 unspecified atom stereocenters. The fraction of sp³-hybridized carbons (Fsp3) is 0.308. The van der Waals surface area contributed by atoms with Gasteiger partial charge in [-0.3, -0.25) is 23.7 Å². The molecular formula is C26H25ClN4O4S. The zero-order chi connectivity index (χ0) is 25.2. The Bertz CT molecular complexity index is 1350. The molecule has 0 bridgehead atoms. The van der Waals surface area contributed by atoms with E-state index in [9.17, 15) is 19.2 Å². The molecule has 3 heterocycles. The number of carbonyl (C=O) groups is 3. The van der Waals surface area contributed by atoms with E-state index in [0.29, 0.717) is 45.9 Å². The molecule has 186 valence electrons. The summed E-state index contributed by atoms with van der Waals surface area (Å²) in [5.41, 5.74) is 0.900. The van der Waals surface area contributed by atoms with Crippen LogP contribution < -0.4 is 16.2 Å². The second-order valence-electron chi connectivity index (χ2n) is 9.17. The number of pyridine rings is 1. The molecule has 2 aromatic heterocycles. The molecule has 0 radical (unpaired) electrons. The van der Waals surface area contributed by atoms with Crippen LogP contribution in [-0.4, -0.2) is 52.4 Å². The number of aromatic nitrogens is 1. The molecule has 2 fully saturated rings. The van der Waals surface area contributed by atoms with Crippen LogP contribution in [0.1, 0.15) is 39.3 Å². The van der Waals surface area contributed by atoms with E-state index in [4.69, 9.17) is 11.6 Å². The molecule has 3 aromatic rings. The summed E-state index contributed by atoms with van der Waals surface area (Å²) in [5, 5.41) is 5.97. The number of thiophene rings is 1. The van der Waals surface area contributed by atoms with E-state index in [1.807, 2.05) is 0 Å². The predicted octanol–water partition coefficient (Wildman–Crippen LogP) is 3.09. The van der Waals surface area contributed by atoms with Gasteiger partial charge < -0.3 is 15.5 Å². The minimum absolute atomic E-state index is 0.0466. The van der Waals surface area contributed by atoms with Crippen molar-refractivity contribution in [2.45, 2.75) is 31.3 Å². The summed E-state index contributed by atoms with van der Waals surface area (Å²) in [4.78, 5) is 52.9. The first-order valence-electron chi connectivity index (χ1n) is 11.8. The molecule has 5 rings (SSSR count). The van der Waals surface area contributed by atoms with Crippen LogP contribution in [0.5, 0.6) is 0 Å². The Morgan fingerprint density at radius 3 is 2.22 bits per heavy atom. The van der Waals surface area contributed by atoms with Crippen LogP contribution in [-0.2, 0) is 4.79 Å². The lowest BCUT2D eigenvalue weighted by atomic mass is 10.1. The van der Waals surface area contributed by atoms with Crippen molar-refractivity contribution in [3.05, 3.63) is 85.9 Å². The Kier molecular flexibility index (Phi) is 6.93. The van der Waals surface area contributed by atoms with Crippen molar-refractivity contribution in [3.8, 4) is 5.69 Å². The maximum absolute atomic E-state index is 13.1. The Labute approximate surface area is 216 Å². The highest BCUT2D eigenvalue weighted by atomic mass is 35.5. The van der Waals surface area contributed by atoms with Gasteiger partial charge in [-0.25, -0.2) is 0 Å². The molecule has 2 N–H and O–H groups in total. The Balaban J connectivity index is 1.29. The topological polar surface area (TPSA) is 101 Å². The van der Waals surface area contributed by atoms with Crippen LogP contribution in [0.15, 0.2) is 65.6 Å². The number of hydrogen-bond donors (Lipinski definition) is 2. The van der Waals surface area contributed by atoms with Gasteiger partial charge in [-0.1, -0.05) is 17.7 Å². The SMILES string of the molecule is O=C(N[C@@H]1CN(C(=O)CC2CC2)C[C@H]1NC(=O)c1ccc(Cl)s1)c1ccc(-n2ccccc2=O)cc1. The van der Waals surface area contributed by atoms with Crippen molar-refractivity contribution in [3.63, 3.8) is 0 Å². The molecule has 1 saturated heterocycles. The minimum atomic E-state index is -0.448. The van der Waals surface area contributed by atoms with Crippen LogP contribution in [0, 0.1) is 5.92 Å². The van der Waals surface area contributed by atoms with Crippen LogP contribution in [0.25, 0.3) is 5.69 Å². The first kappa shape index (κ1) is 24.3. The van der Waals surface area contributed by atoms with Gasteiger partial charge in [0.1, 0.15) is 0 Å². The average Bonchev–Trinajstić information content (AvgIpc) is 3.43. The second kappa shape index (κ2) is 10.3. The number of halogens is 1. The van der Waals surface area contributed by atoms with E-state index in [1.54, 1.807) is 59.6 Å². The van der Waals surface area contributed by atoms with E-state index >= 15 is 0 Å². The first-order valence-corrected chi connectivity index (χ1v) is 13.0. The lowest BCUT2D eigenvalue weighted by Crippen LogP contribution is -2.50. The van der Waals surface area contributed by atoms with Gasteiger partial charge >= 0.3 is 0 Å². The van der Waals surface area contributed by atoms with Gasteiger partial charge in [0, 0.05) is 43.0 Å². The number of carbonyl (C=O) groups excluding carboxylic acids is 3. The van der Waals surface area contributed by atoms with Crippen molar-refractivity contribution in [2.24, 2.45) is 5.92 Å². The first-order chi connectivity index (χ1) is 17.4. The molecule has 8 nitrogen and oxygen atoms in total. The summed E-state index contributed by atoms with van der Waals surface area (Å²) < 4.78 is 2.00. The number of nitrogens with one attached hydrogen (secondary N) is 2. The third-order valence-electron chi connectivity index (χ3n) is 6.49.